The number of methoxy groups -OCH3 is 1. The number of anilines is 1. The molecule has 2 aromatic carbocycles. The van der Waals surface area contributed by atoms with Crippen LogP contribution in [0.4, 0.5) is 23.2 Å². The van der Waals surface area contributed by atoms with Gasteiger partial charge in [0.05, 0.1) is 54.4 Å². The highest BCUT2D eigenvalue weighted by molar-refractivity contribution is 5.99. The van der Waals surface area contributed by atoms with E-state index in [1.165, 1.54) is 19.2 Å². The zero-order chi connectivity index (χ0) is 33.2. The van der Waals surface area contributed by atoms with Crippen LogP contribution in [0.1, 0.15) is 73.4 Å². The van der Waals surface area contributed by atoms with E-state index in [0.717, 1.165) is 25.0 Å². The van der Waals surface area contributed by atoms with Crippen molar-refractivity contribution in [2.24, 2.45) is 23.7 Å². The second-order valence-corrected chi connectivity index (χ2v) is 12.1. The molecule has 13 heteroatoms. The molecule has 0 radical (unpaired) electrons. The number of amides is 2. The Morgan fingerprint density at radius 1 is 0.978 bits per heavy atom. The second-order valence-electron chi connectivity index (χ2n) is 12.1. The lowest BCUT2D eigenvalue weighted by Crippen LogP contribution is -2.48. The van der Waals surface area contributed by atoms with Gasteiger partial charge < -0.3 is 24.8 Å². The molecule has 2 aromatic rings. The van der Waals surface area contributed by atoms with E-state index in [1.54, 1.807) is 13.0 Å². The van der Waals surface area contributed by atoms with Gasteiger partial charge in [-0.05, 0) is 88.0 Å². The molecule has 0 spiro atoms. The van der Waals surface area contributed by atoms with Crippen LogP contribution < -0.4 is 20.1 Å². The Balaban J connectivity index is 1.31. The van der Waals surface area contributed by atoms with Gasteiger partial charge in [-0.1, -0.05) is 0 Å². The molecule has 0 heterocycles. The minimum atomic E-state index is -4.71. The number of hydrogen-bond acceptors (Lipinski definition) is 7. The van der Waals surface area contributed by atoms with Gasteiger partial charge in [-0.2, -0.15) is 18.4 Å². The summed E-state index contributed by atoms with van der Waals surface area (Å²) in [5.74, 6) is -3.47. The molecule has 3 aliphatic rings. The predicted octanol–water partition coefficient (Wildman–Crippen LogP) is 6.01. The molecule has 2 bridgehead atoms. The van der Waals surface area contributed by atoms with Crippen molar-refractivity contribution >= 4 is 23.5 Å². The lowest BCUT2D eigenvalue weighted by atomic mass is 9.83. The molecule has 2 amide bonds. The maximum Gasteiger partial charge on any atom is 0.416 e. The molecule has 5 rings (SSSR count). The third-order valence-electron chi connectivity index (χ3n) is 9.26. The summed E-state index contributed by atoms with van der Waals surface area (Å²) in [6, 6.07) is 6.01. The van der Waals surface area contributed by atoms with Gasteiger partial charge in [-0.3, -0.25) is 14.4 Å². The minimum Gasteiger partial charge on any atom is -0.496 e. The number of carbonyl (C=O) groups excluding carboxylic acids is 3. The average Bonchev–Trinajstić information content (AvgIpc) is 3.63. The second kappa shape index (κ2) is 13.6. The van der Waals surface area contributed by atoms with Crippen LogP contribution in [0.25, 0.3) is 0 Å². The van der Waals surface area contributed by atoms with E-state index in [2.05, 4.69) is 10.6 Å². The first-order valence-electron chi connectivity index (χ1n) is 15.4. The topological polar surface area (TPSA) is 127 Å². The average molecular weight is 646 g/mol. The van der Waals surface area contributed by atoms with Crippen LogP contribution in [-0.2, 0) is 20.5 Å². The maximum absolute atomic E-state index is 15.0. The number of carbonyl (C=O) groups is 3. The Morgan fingerprint density at radius 3 is 2.35 bits per heavy atom. The Kier molecular flexibility index (Phi) is 9.74. The minimum absolute atomic E-state index is 0.00224. The number of ether oxygens (including phenoxy) is 3. The number of hydrogen-bond donors (Lipinski definition) is 2. The molecule has 0 aromatic heterocycles. The van der Waals surface area contributed by atoms with Crippen molar-refractivity contribution in [3.8, 4) is 17.6 Å². The SMILES string of the molecule is CCOC(=O)[C@H]1CC[C@@H](Oc2cc(C(=O)N[C@@H]3[C@H]4CC[C@H](C4)[C@@H]3C(=O)Nc3cc(C#N)cc(C(F)(F)F)c3)c(OC)cc2F)CC1. The highest BCUT2D eigenvalue weighted by Crippen LogP contribution is 2.49. The number of nitriles is 1. The fourth-order valence-electron chi connectivity index (χ4n) is 7.09. The smallest absolute Gasteiger partial charge is 0.416 e. The molecule has 3 fully saturated rings. The maximum atomic E-state index is 15.0. The molecule has 0 saturated heterocycles. The van der Waals surface area contributed by atoms with Crippen LogP contribution in [0.2, 0.25) is 0 Å². The van der Waals surface area contributed by atoms with Gasteiger partial charge in [0.1, 0.15) is 5.75 Å². The molecule has 0 unspecified atom stereocenters. The third-order valence-corrected chi connectivity index (χ3v) is 9.26. The molecule has 3 saturated carbocycles. The van der Waals surface area contributed by atoms with Crippen molar-refractivity contribution in [2.75, 3.05) is 19.0 Å². The largest absolute Gasteiger partial charge is 0.496 e. The number of nitrogens with zero attached hydrogens (tertiary/aromatic N) is 1. The van der Waals surface area contributed by atoms with Crippen LogP contribution in [0, 0.1) is 40.8 Å². The van der Waals surface area contributed by atoms with E-state index in [9.17, 15) is 32.8 Å². The van der Waals surface area contributed by atoms with Gasteiger partial charge in [0, 0.05) is 17.8 Å². The number of halogens is 4. The summed E-state index contributed by atoms with van der Waals surface area (Å²) in [5.41, 5.74) is -1.48. The van der Waals surface area contributed by atoms with Gasteiger partial charge in [0.2, 0.25) is 5.91 Å². The van der Waals surface area contributed by atoms with E-state index in [0.29, 0.717) is 44.8 Å². The van der Waals surface area contributed by atoms with Gasteiger partial charge in [-0.15, -0.1) is 0 Å². The Hall–Kier alpha value is -4.34. The summed E-state index contributed by atoms with van der Waals surface area (Å²) >= 11 is 0. The molecule has 246 valence electrons. The highest BCUT2D eigenvalue weighted by atomic mass is 19.4. The Bertz CT molecular complexity index is 1530. The fraction of sp³-hybridized carbons (Fsp3) is 0.515. The fourth-order valence-corrected chi connectivity index (χ4v) is 7.09. The van der Waals surface area contributed by atoms with Crippen molar-refractivity contribution in [1.82, 2.24) is 5.32 Å². The summed E-state index contributed by atoms with van der Waals surface area (Å²) in [5, 5.41) is 14.7. The van der Waals surface area contributed by atoms with E-state index >= 15 is 4.39 Å². The van der Waals surface area contributed by atoms with Crippen LogP contribution in [-0.4, -0.2) is 43.6 Å². The Labute approximate surface area is 263 Å². The van der Waals surface area contributed by atoms with E-state index in [1.807, 2.05) is 0 Å². The molecule has 4 atom stereocenters. The number of benzene rings is 2. The van der Waals surface area contributed by atoms with E-state index in [-0.39, 0.29) is 58.1 Å². The van der Waals surface area contributed by atoms with Crippen LogP contribution in [0.15, 0.2) is 30.3 Å². The van der Waals surface area contributed by atoms with Crippen LogP contribution >= 0.6 is 0 Å². The standard InChI is InChI=1S/C33H35F4N3O6/c1-3-45-32(43)18-6-8-23(9-7-18)46-27-14-24(26(44-2)15-25(27)34)30(41)40-29-20-5-4-19(12-20)28(29)31(42)39-22-11-17(16-38)10-21(13-22)33(35,36)37/h10-11,13-15,18-20,23,28-29H,3-9,12H2,1-2H3,(H,39,42)(H,40,41)/t18-,19-,20+,23+,28+,29-/m1/s1. The summed E-state index contributed by atoms with van der Waals surface area (Å²) in [6.45, 7) is 2.04. The molecule has 9 nitrogen and oxygen atoms in total. The molecule has 2 N–H and O–H groups in total. The van der Waals surface area contributed by atoms with Crippen molar-refractivity contribution in [3.05, 3.63) is 52.8 Å². The van der Waals surface area contributed by atoms with Gasteiger partial charge >= 0.3 is 12.1 Å². The van der Waals surface area contributed by atoms with Crippen molar-refractivity contribution in [1.29, 1.82) is 5.26 Å². The number of rotatable bonds is 9. The quantitative estimate of drug-likeness (QED) is 0.253. The highest BCUT2D eigenvalue weighted by Gasteiger charge is 2.51. The van der Waals surface area contributed by atoms with E-state index < -0.39 is 41.3 Å². The molecule has 3 aliphatic carbocycles. The normalized spacial score (nSPS) is 25.3. The van der Waals surface area contributed by atoms with Crippen molar-refractivity contribution in [3.63, 3.8) is 0 Å². The van der Waals surface area contributed by atoms with Gasteiger partial charge in [0.25, 0.3) is 5.91 Å². The van der Waals surface area contributed by atoms with Crippen LogP contribution in [0.5, 0.6) is 11.5 Å². The first-order chi connectivity index (χ1) is 21.9. The number of alkyl halides is 3. The number of esters is 1. The molecule has 46 heavy (non-hydrogen) atoms. The van der Waals surface area contributed by atoms with E-state index in [4.69, 9.17) is 14.2 Å². The lowest BCUT2D eigenvalue weighted by Gasteiger charge is -2.31. The van der Waals surface area contributed by atoms with Crippen LogP contribution in [0.3, 0.4) is 0 Å². The molecular weight excluding hydrogens is 610 g/mol. The van der Waals surface area contributed by atoms with Crippen molar-refractivity contribution < 1.29 is 46.2 Å². The van der Waals surface area contributed by atoms with Gasteiger partial charge in [0.15, 0.2) is 11.6 Å². The first kappa shape index (κ1) is 33.0. The molecule has 0 aliphatic heterocycles. The number of nitrogens with one attached hydrogen (secondary N) is 2. The number of fused-ring (bicyclic) bond motifs is 2. The van der Waals surface area contributed by atoms with Gasteiger partial charge in [-0.25, -0.2) is 4.39 Å². The monoisotopic (exact) mass is 645 g/mol. The lowest BCUT2D eigenvalue weighted by molar-refractivity contribution is -0.149. The first-order valence-corrected chi connectivity index (χ1v) is 15.4. The molecular formula is C33H35F4N3O6. The zero-order valence-corrected chi connectivity index (χ0v) is 25.4. The van der Waals surface area contributed by atoms with Crippen molar-refractivity contribution in [2.45, 2.75) is 70.2 Å². The zero-order valence-electron chi connectivity index (χ0n) is 25.4. The Morgan fingerprint density at radius 2 is 1.70 bits per heavy atom. The summed E-state index contributed by atoms with van der Waals surface area (Å²) in [7, 11) is 1.29. The third kappa shape index (κ3) is 7.06. The summed E-state index contributed by atoms with van der Waals surface area (Å²) in [6.07, 6.45) is -0.906. The summed E-state index contributed by atoms with van der Waals surface area (Å²) in [4.78, 5) is 39.2. The summed E-state index contributed by atoms with van der Waals surface area (Å²) < 4.78 is 71.6. The predicted molar refractivity (Wildman–Crippen MR) is 156 cm³/mol.